The molecule has 0 amide bonds. The van der Waals surface area contributed by atoms with E-state index in [1.807, 2.05) is 0 Å². The van der Waals surface area contributed by atoms with Crippen LogP contribution in [0.1, 0.15) is 38.5 Å². The van der Waals surface area contributed by atoms with E-state index in [0.29, 0.717) is 0 Å². The topological polar surface area (TPSA) is 0 Å². The largest absolute Gasteiger partial charge is 0.107 e. The zero-order chi connectivity index (χ0) is 6.55. The van der Waals surface area contributed by atoms with Crippen LogP contribution in [0.25, 0.3) is 0 Å². The van der Waals surface area contributed by atoms with Crippen LogP contribution in [0.4, 0.5) is 0 Å². The molecular weight excluding hydrogens is 247 g/mol. The van der Waals surface area contributed by atoms with Gasteiger partial charge in [0.05, 0.1) is 0 Å². The predicted molar refractivity (Wildman–Crippen MR) is 57.1 cm³/mol. The van der Waals surface area contributed by atoms with Crippen molar-refractivity contribution in [2.75, 3.05) is 0 Å². The van der Waals surface area contributed by atoms with Gasteiger partial charge in [-0.25, -0.2) is 0 Å². The first-order chi connectivity index (χ1) is 4.95. The van der Waals surface area contributed by atoms with Crippen molar-refractivity contribution in [1.82, 2.24) is 0 Å². The minimum Gasteiger partial charge on any atom is -0.107 e. The maximum atomic E-state index is 1.62. The zero-order valence-corrected chi connectivity index (χ0v) is 9.29. The summed E-state index contributed by atoms with van der Waals surface area (Å²) in [4.78, 5) is 0. The molecule has 0 aromatic heterocycles. The van der Waals surface area contributed by atoms with E-state index in [1.54, 1.807) is 38.5 Å². The SMILES string of the molecule is C1CC2C3CCC(C3)C2C1.I. The molecule has 3 fully saturated rings. The second-order valence-corrected chi connectivity index (χ2v) is 4.59. The molecule has 0 N–H and O–H groups in total. The second-order valence-electron chi connectivity index (χ2n) is 4.59. The fourth-order valence-electron chi connectivity index (χ4n) is 4.02. The minimum absolute atomic E-state index is 0. The molecule has 0 aromatic carbocycles. The van der Waals surface area contributed by atoms with Crippen molar-refractivity contribution in [2.24, 2.45) is 23.7 Å². The van der Waals surface area contributed by atoms with Crippen molar-refractivity contribution in [3.8, 4) is 0 Å². The Hall–Kier alpha value is 0.730. The second kappa shape index (κ2) is 2.90. The third-order valence-electron chi connectivity index (χ3n) is 4.35. The highest BCUT2D eigenvalue weighted by atomic mass is 127. The van der Waals surface area contributed by atoms with Gasteiger partial charge >= 0.3 is 0 Å². The van der Waals surface area contributed by atoms with Crippen LogP contribution in [0.5, 0.6) is 0 Å². The standard InChI is InChI=1S/C10H16.HI/c1-2-9-7-4-5-8(6-7)10(9)3-1;/h7-10H,1-6H2;1H. The van der Waals surface area contributed by atoms with Gasteiger partial charge in [-0.1, -0.05) is 6.42 Å². The predicted octanol–water partition coefficient (Wildman–Crippen LogP) is 3.45. The Morgan fingerprint density at radius 1 is 0.727 bits per heavy atom. The minimum atomic E-state index is 0. The van der Waals surface area contributed by atoms with Gasteiger partial charge in [-0.2, -0.15) is 0 Å². The van der Waals surface area contributed by atoms with Crippen molar-refractivity contribution < 1.29 is 0 Å². The monoisotopic (exact) mass is 264 g/mol. The molecule has 3 aliphatic rings. The molecule has 11 heavy (non-hydrogen) atoms. The Labute approximate surface area is 86.2 Å². The first-order valence-corrected chi connectivity index (χ1v) is 4.95. The van der Waals surface area contributed by atoms with Crippen molar-refractivity contribution in [3.63, 3.8) is 0 Å². The van der Waals surface area contributed by atoms with Crippen LogP contribution in [0.15, 0.2) is 0 Å². The molecule has 0 heterocycles. The highest BCUT2D eigenvalue weighted by Gasteiger charge is 2.48. The molecule has 1 heteroatoms. The van der Waals surface area contributed by atoms with E-state index >= 15 is 0 Å². The van der Waals surface area contributed by atoms with E-state index in [2.05, 4.69) is 0 Å². The summed E-state index contributed by atoms with van der Waals surface area (Å²) in [5.41, 5.74) is 0. The van der Waals surface area contributed by atoms with Crippen LogP contribution in [0.3, 0.4) is 0 Å². The van der Waals surface area contributed by atoms with Crippen LogP contribution in [0, 0.1) is 23.7 Å². The Balaban J connectivity index is 0.000000480. The molecule has 0 radical (unpaired) electrons. The number of hydrogen-bond acceptors (Lipinski definition) is 0. The molecule has 64 valence electrons. The highest BCUT2D eigenvalue weighted by Crippen LogP contribution is 2.58. The van der Waals surface area contributed by atoms with Gasteiger partial charge in [0, 0.05) is 0 Å². The summed E-state index contributed by atoms with van der Waals surface area (Å²) in [6.45, 7) is 0. The van der Waals surface area contributed by atoms with E-state index in [4.69, 9.17) is 0 Å². The van der Waals surface area contributed by atoms with Gasteiger partial charge in [-0.05, 0) is 55.8 Å². The molecule has 0 nitrogen and oxygen atoms in total. The fourth-order valence-corrected chi connectivity index (χ4v) is 4.02. The van der Waals surface area contributed by atoms with E-state index < -0.39 is 0 Å². The van der Waals surface area contributed by atoms with Crippen LogP contribution in [0.2, 0.25) is 0 Å². The van der Waals surface area contributed by atoms with Gasteiger partial charge in [0.15, 0.2) is 0 Å². The summed E-state index contributed by atoms with van der Waals surface area (Å²) in [5.74, 6) is 4.80. The summed E-state index contributed by atoms with van der Waals surface area (Å²) >= 11 is 0. The maximum absolute atomic E-state index is 1.62. The maximum Gasteiger partial charge on any atom is -0.0355 e. The molecule has 0 spiro atoms. The zero-order valence-electron chi connectivity index (χ0n) is 6.96. The normalized spacial score (nSPS) is 52.4. The van der Waals surface area contributed by atoms with Gasteiger partial charge in [0.1, 0.15) is 0 Å². The van der Waals surface area contributed by atoms with E-state index in [1.165, 1.54) is 23.7 Å². The van der Waals surface area contributed by atoms with Crippen LogP contribution in [-0.2, 0) is 0 Å². The van der Waals surface area contributed by atoms with Gasteiger partial charge in [0.2, 0.25) is 0 Å². The summed E-state index contributed by atoms with van der Waals surface area (Å²) < 4.78 is 0. The Morgan fingerprint density at radius 2 is 1.27 bits per heavy atom. The van der Waals surface area contributed by atoms with E-state index in [9.17, 15) is 0 Å². The van der Waals surface area contributed by atoms with Crippen molar-refractivity contribution in [2.45, 2.75) is 38.5 Å². The number of hydrogen-bond donors (Lipinski definition) is 0. The fraction of sp³-hybridized carbons (Fsp3) is 1.00. The molecule has 3 rings (SSSR count). The Morgan fingerprint density at radius 3 is 1.82 bits per heavy atom. The molecular formula is C10H17I. The van der Waals surface area contributed by atoms with E-state index in [-0.39, 0.29) is 24.0 Å². The third-order valence-corrected chi connectivity index (χ3v) is 4.35. The average Bonchev–Trinajstić information content (AvgIpc) is 2.60. The summed E-state index contributed by atoms with van der Waals surface area (Å²) in [7, 11) is 0. The molecule has 4 atom stereocenters. The molecule has 0 aromatic rings. The number of halogens is 1. The first-order valence-electron chi connectivity index (χ1n) is 4.95. The molecule has 0 saturated heterocycles. The van der Waals surface area contributed by atoms with Gasteiger partial charge < -0.3 is 0 Å². The van der Waals surface area contributed by atoms with Gasteiger partial charge in [-0.3, -0.25) is 0 Å². The summed E-state index contributed by atoms with van der Waals surface area (Å²) in [6.07, 6.45) is 9.53. The van der Waals surface area contributed by atoms with Gasteiger partial charge in [0.25, 0.3) is 0 Å². The summed E-state index contributed by atoms with van der Waals surface area (Å²) in [5, 5.41) is 0. The molecule has 3 aliphatic carbocycles. The first kappa shape index (κ1) is 8.33. The summed E-state index contributed by atoms with van der Waals surface area (Å²) in [6, 6.07) is 0. The van der Waals surface area contributed by atoms with Crippen LogP contribution < -0.4 is 0 Å². The molecule has 2 bridgehead atoms. The lowest BCUT2D eigenvalue weighted by atomic mass is 9.82. The number of fused-ring (bicyclic) bond motifs is 5. The number of rotatable bonds is 0. The van der Waals surface area contributed by atoms with E-state index in [0.717, 1.165) is 0 Å². The quantitative estimate of drug-likeness (QED) is 0.588. The molecule has 3 saturated carbocycles. The third kappa shape index (κ3) is 1.06. The molecule has 4 unspecified atom stereocenters. The Kier molecular flexibility index (Phi) is 2.19. The smallest absolute Gasteiger partial charge is 0.0355 e. The lowest BCUT2D eigenvalue weighted by Gasteiger charge is -2.23. The molecule has 0 aliphatic heterocycles. The van der Waals surface area contributed by atoms with Gasteiger partial charge in [-0.15, -0.1) is 24.0 Å². The highest BCUT2D eigenvalue weighted by molar-refractivity contribution is 14.0. The van der Waals surface area contributed by atoms with Crippen LogP contribution >= 0.6 is 24.0 Å². The lowest BCUT2D eigenvalue weighted by molar-refractivity contribution is 0.259. The van der Waals surface area contributed by atoms with Crippen LogP contribution in [-0.4, -0.2) is 0 Å². The van der Waals surface area contributed by atoms with Crippen molar-refractivity contribution in [3.05, 3.63) is 0 Å². The van der Waals surface area contributed by atoms with Crippen molar-refractivity contribution in [1.29, 1.82) is 0 Å². The van der Waals surface area contributed by atoms with Crippen molar-refractivity contribution >= 4 is 24.0 Å². The lowest BCUT2D eigenvalue weighted by Crippen LogP contribution is -2.15. The Bertz CT molecular complexity index is 139. The average molecular weight is 264 g/mol.